The number of ether oxygens (including phenoxy) is 3. The molecule has 0 aliphatic carbocycles. The van der Waals surface area contributed by atoms with E-state index in [1.165, 1.54) is 0 Å². The zero-order chi connectivity index (χ0) is 25.1. The number of rotatable bonds is 7. The molecule has 5 nitrogen and oxygen atoms in total. The third-order valence-electron chi connectivity index (χ3n) is 5.91. The first-order valence-corrected chi connectivity index (χ1v) is 12.5. The van der Waals surface area contributed by atoms with Crippen LogP contribution < -0.4 is 9.47 Å². The molecule has 1 aliphatic rings. The molecular formula is C30H24BrNO4. The molecule has 0 saturated carbocycles. The average molecular weight is 542 g/mol. The Hall–Kier alpha value is -3.90. The Bertz CT molecular complexity index is 1520. The van der Waals surface area contributed by atoms with E-state index in [0.717, 1.165) is 37.5 Å². The van der Waals surface area contributed by atoms with E-state index in [4.69, 9.17) is 14.2 Å². The second-order valence-corrected chi connectivity index (χ2v) is 9.20. The molecule has 0 saturated heterocycles. The number of carbonyl (C=O) groups excluding carboxylic acids is 1. The number of fused-ring (bicyclic) bond motifs is 1. The molecule has 0 amide bonds. The molecule has 1 aliphatic heterocycles. The van der Waals surface area contributed by atoms with Crippen LogP contribution in [0.5, 0.6) is 11.5 Å². The first-order valence-electron chi connectivity index (χ1n) is 11.7. The van der Waals surface area contributed by atoms with Crippen LogP contribution in [0, 0.1) is 6.92 Å². The van der Waals surface area contributed by atoms with Crippen molar-refractivity contribution in [3.8, 4) is 11.5 Å². The van der Waals surface area contributed by atoms with Gasteiger partial charge in [0.15, 0.2) is 17.2 Å². The SMILES string of the molecule is CCOc1cc(C=C2N=C(c3cccc4ccccc34)OC2=O)cc(Br)c1OCc1ccccc1C. The van der Waals surface area contributed by atoms with Crippen molar-refractivity contribution in [1.29, 1.82) is 0 Å². The van der Waals surface area contributed by atoms with Gasteiger partial charge in [-0.1, -0.05) is 60.7 Å². The van der Waals surface area contributed by atoms with Crippen LogP contribution in [-0.2, 0) is 16.1 Å². The van der Waals surface area contributed by atoms with Gasteiger partial charge in [-0.2, -0.15) is 0 Å². The average Bonchev–Trinajstić information content (AvgIpc) is 3.24. The fourth-order valence-corrected chi connectivity index (χ4v) is 4.66. The molecule has 36 heavy (non-hydrogen) atoms. The van der Waals surface area contributed by atoms with Gasteiger partial charge in [-0.15, -0.1) is 0 Å². The molecule has 4 aromatic rings. The molecule has 0 atom stereocenters. The lowest BCUT2D eigenvalue weighted by Crippen LogP contribution is -2.06. The summed E-state index contributed by atoms with van der Waals surface area (Å²) in [4.78, 5) is 17.2. The summed E-state index contributed by atoms with van der Waals surface area (Å²) >= 11 is 3.61. The Balaban J connectivity index is 1.46. The van der Waals surface area contributed by atoms with Crippen molar-refractivity contribution >= 4 is 44.6 Å². The lowest BCUT2D eigenvalue weighted by Gasteiger charge is -2.15. The van der Waals surface area contributed by atoms with Gasteiger partial charge in [0.25, 0.3) is 0 Å². The topological polar surface area (TPSA) is 57.1 Å². The third-order valence-corrected chi connectivity index (χ3v) is 6.50. The summed E-state index contributed by atoms with van der Waals surface area (Å²) in [6.07, 6.45) is 1.69. The molecular weight excluding hydrogens is 518 g/mol. The third kappa shape index (κ3) is 4.90. The van der Waals surface area contributed by atoms with Crippen LogP contribution in [-0.4, -0.2) is 18.5 Å². The Morgan fingerprint density at radius 3 is 2.58 bits per heavy atom. The molecule has 0 fully saturated rings. The number of aryl methyl sites for hydroxylation is 1. The monoisotopic (exact) mass is 541 g/mol. The minimum atomic E-state index is -0.494. The van der Waals surface area contributed by atoms with E-state index in [1.54, 1.807) is 6.08 Å². The highest BCUT2D eigenvalue weighted by Crippen LogP contribution is 2.38. The Morgan fingerprint density at radius 2 is 1.75 bits per heavy atom. The molecule has 0 aromatic heterocycles. The number of nitrogens with zero attached hydrogens (tertiary/aromatic N) is 1. The molecule has 0 unspecified atom stereocenters. The van der Waals surface area contributed by atoms with Crippen LogP contribution in [0.4, 0.5) is 0 Å². The number of carbonyl (C=O) groups is 1. The Labute approximate surface area is 218 Å². The van der Waals surface area contributed by atoms with Crippen molar-refractivity contribution in [2.75, 3.05) is 6.61 Å². The van der Waals surface area contributed by atoms with Crippen molar-refractivity contribution in [1.82, 2.24) is 0 Å². The zero-order valence-corrected chi connectivity index (χ0v) is 21.5. The standard InChI is InChI=1S/C30H24BrNO4/c1-3-34-27-17-20(15-25(31)28(27)35-18-22-11-5-4-9-19(22)2)16-26-30(33)36-29(32-26)24-14-8-12-21-10-6-7-13-23(21)24/h4-17H,3,18H2,1-2H3. The molecule has 0 spiro atoms. The van der Waals surface area contributed by atoms with Gasteiger partial charge in [-0.05, 0) is 81.5 Å². The molecule has 6 heteroatoms. The van der Waals surface area contributed by atoms with Crippen LogP contribution >= 0.6 is 15.9 Å². The van der Waals surface area contributed by atoms with Crippen molar-refractivity contribution < 1.29 is 19.0 Å². The molecule has 0 N–H and O–H groups in total. The highest BCUT2D eigenvalue weighted by Gasteiger charge is 2.25. The van der Waals surface area contributed by atoms with E-state index in [0.29, 0.717) is 30.6 Å². The Morgan fingerprint density at radius 1 is 0.972 bits per heavy atom. The first kappa shape index (κ1) is 23.8. The summed E-state index contributed by atoms with van der Waals surface area (Å²) in [5, 5.41) is 2.03. The van der Waals surface area contributed by atoms with Crippen molar-refractivity contribution in [2.24, 2.45) is 4.99 Å². The van der Waals surface area contributed by atoms with Gasteiger partial charge in [-0.25, -0.2) is 9.79 Å². The van der Waals surface area contributed by atoms with Crippen molar-refractivity contribution in [2.45, 2.75) is 20.5 Å². The van der Waals surface area contributed by atoms with Crippen LogP contribution in [0.15, 0.2) is 94.0 Å². The lowest BCUT2D eigenvalue weighted by molar-refractivity contribution is -0.129. The number of esters is 1. The zero-order valence-electron chi connectivity index (χ0n) is 20.0. The van der Waals surface area contributed by atoms with Crippen LogP contribution in [0.2, 0.25) is 0 Å². The fourth-order valence-electron chi connectivity index (χ4n) is 4.09. The summed E-state index contributed by atoms with van der Waals surface area (Å²) in [6.45, 7) is 4.86. The van der Waals surface area contributed by atoms with Gasteiger partial charge < -0.3 is 14.2 Å². The quantitative estimate of drug-likeness (QED) is 0.183. The number of hydrogen-bond donors (Lipinski definition) is 0. The number of aliphatic imine (C=N–C) groups is 1. The van der Waals surface area contributed by atoms with Crippen molar-refractivity contribution in [3.63, 3.8) is 0 Å². The smallest absolute Gasteiger partial charge is 0.363 e. The second-order valence-electron chi connectivity index (χ2n) is 8.34. The number of cyclic esters (lactones) is 1. The molecule has 0 bridgehead atoms. The molecule has 180 valence electrons. The van der Waals surface area contributed by atoms with Gasteiger partial charge >= 0.3 is 5.97 Å². The number of hydrogen-bond acceptors (Lipinski definition) is 5. The van der Waals surface area contributed by atoms with Gasteiger partial charge in [0, 0.05) is 5.56 Å². The van der Waals surface area contributed by atoms with Crippen LogP contribution in [0.3, 0.4) is 0 Å². The summed E-state index contributed by atoms with van der Waals surface area (Å²) in [7, 11) is 0. The Kier molecular flexibility index (Phi) is 6.87. The normalized spacial score (nSPS) is 14.1. The molecule has 0 radical (unpaired) electrons. The summed E-state index contributed by atoms with van der Waals surface area (Å²) in [6, 6.07) is 25.6. The van der Waals surface area contributed by atoms with E-state index >= 15 is 0 Å². The summed E-state index contributed by atoms with van der Waals surface area (Å²) < 4.78 is 18.3. The minimum absolute atomic E-state index is 0.223. The maximum Gasteiger partial charge on any atom is 0.363 e. The predicted molar refractivity (Wildman–Crippen MR) is 145 cm³/mol. The van der Waals surface area contributed by atoms with Gasteiger partial charge in [-0.3, -0.25) is 0 Å². The highest BCUT2D eigenvalue weighted by molar-refractivity contribution is 9.10. The summed E-state index contributed by atoms with van der Waals surface area (Å²) in [5.41, 5.74) is 4.00. The van der Waals surface area contributed by atoms with E-state index in [1.807, 2.05) is 79.7 Å². The lowest BCUT2D eigenvalue weighted by atomic mass is 10.0. The van der Waals surface area contributed by atoms with Gasteiger partial charge in [0.05, 0.1) is 11.1 Å². The van der Waals surface area contributed by atoms with E-state index in [2.05, 4.69) is 33.9 Å². The van der Waals surface area contributed by atoms with Crippen LogP contribution in [0.25, 0.3) is 16.8 Å². The first-order chi connectivity index (χ1) is 17.5. The summed E-state index contributed by atoms with van der Waals surface area (Å²) in [5.74, 6) is 0.991. The molecule has 1 heterocycles. The van der Waals surface area contributed by atoms with Gasteiger partial charge in [0.2, 0.25) is 5.90 Å². The number of benzene rings is 4. The fraction of sp³-hybridized carbons (Fsp3) is 0.133. The minimum Gasteiger partial charge on any atom is -0.490 e. The van der Waals surface area contributed by atoms with Gasteiger partial charge in [0.1, 0.15) is 6.61 Å². The second kappa shape index (κ2) is 10.4. The van der Waals surface area contributed by atoms with Crippen LogP contribution in [0.1, 0.15) is 29.2 Å². The largest absolute Gasteiger partial charge is 0.490 e. The molecule has 4 aromatic carbocycles. The van der Waals surface area contributed by atoms with E-state index in [9.17, 15) is 4.79 Å². The maximum atomic E-state index is 12.7. The van der Waals surface area contributed by atoms with E-state index < -0.39 is 5.97 Å². The molecule has 5 rings (SSSR count). The highest BCUT2D eigenvalue weighted by atomic mass is 79.9. The van der Waals surface area contributed by atoms with E-state index in [-0.39, 0.29) is 5.70 Å². The van der Waals surface area contributed by atoms with Crippen molar-refractivity contribution in [3.05, 3.63) is 111 Å². The predicted octanol–water partition coefficient (Wildman–Crippen LogP) is 7.23. The maximum absolute atomic E-state index is 12.7. The number of halogens is 1.